The molecule has 1 N–H and O–H groups in total. The molecule has 0 radical (unpaired) electrons. The Morgan fingerprint density at radius 3 is 2.61 bits per heavy atom. The third-order valence-corrected chi connectivity index (χ3v) is 8.02. The number of carbonyl (C=O) groups excluding carboxylic acids is 1. The highest BCUT2D eigenvalue weighted by Gasteiger charge is 2.25. The van der Waals surface area contributed by atoms with Crippen molar-refractivity contribution >= 4 is 44.8 Å². The van der Waals surface area contributed by atoms with E-state index in [9.17, 15) is 13.2 Å². The quantitative estimate of drug-likeness (QED) is 0.311. The molecule has 1 atom stereocenters. The van der Waals surface area contributed by atoms with Gasteiger partial charge in [-0.1, -0.05) is 60.1 Å². The second kappa shape index (κ2) is 11.0. The molecule has 1 unspecified atom stereocenters. The molecular formula is C23H25ClN4O3S2. The van der Waals surface area contributed by atoms with Crippen molar-refractivity contribution < 1.29 is 13.2 Å². The number of carbonyl (C=O) groups is 1. The molecule has 10 heteroatoms. The number of amides is 1. The molecule has 0 bridgehead atoms. The molecule has 2 aromatic carbocycles. The summed E-state index contributed by atoms with van der Waals surface area (Å²) in [6.45, 7) is 7.86. The molecule has 0 aliphatic heterocycles. The Hall–Kier alpha value is -2.62. The number of anilines is 1. The van der Waals surface area contributed by atoms with Gasteiger partial charge in [0.05, 0.1) is 10.1 Å². The number of nitrogens with one attached hydrogen (secondary N) is 1. The number of allylic oxidation sites excluding steroid dienone is 1. The van der Waals surface area contributed by atoms with Crippen LogP contribution in [0.15, 0.2) is 71.2 Å². The van der Waals surface area contributed by atoms with E-state index in [1.165, 1.54) is 11.8 Å². The summed E-state index contributed by atoms with van der Waals surface area (Å²) in [7, 11) is -3.61. The van der Waals surface area contributed by atoms with Crippen molar-refractivity contribution in [1.82, 2.24) is 14.8 Å². The van der Waals surface area contributed by atoms with E-state index in [1.807, 2.05) is 13.8 Å². The number of aromatic nitrogens is 3. The van der Waals surface area contributed by atoms with Gasteiger partial charge in [0.2, 0.25) is 5.91 Å². The minimum atomic E-state index is -3.61. The summed E-state index contributed by atoms with van der Waals surface area (Å²) >= 11 is 7.23. The second-order valence-corrected chi connectivity index (χ2v) is 11.0. The van der Waals surface area contributed by atoms with Crippen molar-refractivity contribution in [3.63, 3.8) is 0 Å². The van der Waals surface area contributed by atoms with Gasteiger partial charge in [-0.25, -0.2) is 8.42 Å². The fourth-order valence-electron chi connectivity index (χ4n) is 3.06. The van der Waals surface area contributed by atoms with Gasteiger partial charge in [0.25, 0.3) is 0 Å². The van der Waals surface area contributed by atoms with E-state index in [0.717, 1.165) is 5.56 Å². The van der Waals surface area contributed by atoms with Gasteiger partial charge in [-0.3, -0.25) is 4.79 Å². The maximum absolute atomic E-state index is 12.9. The number of halogens is 1. The van der Waals surface area contributed by atoms with E-state index >= 15 is 0 Å². The highest BCUT2D eigenvalue weighted by molar-refractivity contribution is 8.00. The van der Waals surface area contributed by atoms with E-state index < -0.39 is 15.1 Å². The van der Waals surface area contributed by atoms with Gasteiger partial charge < -0.3 is 9.88 Å². The molecule has 0 aliphatic rings. The lowest BCUT2D eigenvalue weighted by Gasteiger charge is -2.15. The van der Waals surface area contributed by atoms with Crippen LogP contribution in [0.1, 0.15) is 24.7 Å². The van der Waals surface area contributed by atoms with Gasteiger partial charge in [0.15, 0.2) is 15.0 Å². The van der Waals surface area contributed by atoms with Crippen molar-refractivity contribution in [3.8, 4) is 0 Å². The molecule has 174 valence electrons. The van der Waals surface area contributed by atoms with Crippen LogP contribution in [0.3, 0.4) is 0 Å². The first-order valence-electron chi connectivity index (χ1n) is 10.3. The Morgan fingerprint density at radius 2 is 1.97 bits per heavy atom. The Morgan fingerprint density at radius 1 is 1.24 bits per heavy atom. The minimum absolute atomic E-state index is 0.202. The van der Waals surface area contributed by atoms with Gasteiger partial charge >= 0.3 is 0 Å². The second-order valence-electron chi connectivity index (χ2n) is 7.38. The van der Waals surface area contributed by atoms with Crippen molar-refractivity contribution in [2.75, 3.05) is 5.32 Å². The van der Waals surface area contributed by atoms with Crippen LogP contribution in [0, 0.1) is 6.92 Å². The molecule has 0 aliphatic carbocycles. The molecule has 3 rings (SSSR count). The molecule has 0 fully saturated rings. The van der Waals surface area contributed by atoms with Crippen LogP contribution in [0.5, 0.6) is 0 Å². The van der Waals surface area contributed by atoms with Gasteiger partial charge in [0.1, 0.15) is 11.6 Å². The molecule has 33 heavy (non-hydrogen) atoms. The monoisotopic (exact) mass is 504 g/mol. The number of benzene rings is 2. The summed E-state index contributed by atoms with van der Waals surface area (Å²) in [4.78, 5) is 13.1. The van der Waals surface area contributed by atoms with E-state index in [0.29, 0.717) is 34.7 Å². The zero-order valence-electron chi connectivity index (χ0n) is 18.4. The van der Waals surface area contributed by atoms with Crippen LogP contribution >= 0.6 is 23.4 Å². The topological polar surface area (TPSA) is 93.9 Å². The fourth-order valence-corrected chi connectivity index (χ4v) is 5.51. The SMILES string of the molecule is C=CCn1c(CS(=O)(=O)c2ccc(C)cc2)nnc1SC(CC)C(=O)Nc1cccc(Cl)c1. The van der Waals surface area contributed by atoms with E-state index in [2.05, 4.69) is 22.1 Å². The van der Waals surface area contributed by atoms with Crippen LogP contribution < -0.4 is 5.32 Å². The predicted octanol–water partition coefficient (Wildman–Crippen LogP) is 4.91. The molecule has 1 aromatic heterocycles. The molecule has 7 nitrogen and oxygen atoms in total. The maximum Gasteiger partial charge on any atom is 0.237 e. The normalized spacial score (nSPS) is 12.3. The lowest BCUT2D eigenvalue weighted by atomic mass is 10.2. The van der Waals surface area contributed by atoms with Crippen LogP contribution in [0.4, 0.5) is 5.69 Å². The summed E-state index contributed by atoms with van der Waals surface area (Å²) in [6.07, 6.45) is 2.18. The van der Waals surface area contributed by atoms with Crippen LogP contribution in [0.25, 0.3) is 0 Å². The number of sulfone groups is 1. The number of hydrogen-bond acceptors (Lipinski definition) is 6. The maximum atomic E-state index is 12.9. The number of hydrogen-bond donors (Lipinski definition) is 1. The Kier molecular flexibility index (Phi) is 8.34. The van der Waals surface area contributed by atoms with Gasteiger partial charge in [-0.15, -0.1) is 16.8 Å². The van der Waals surface area contributed by atoms with Gasteiger partial charge in [-0.2, -0.15) is 0 Å². The molecule has 1 amide bonds. The number of aryl methyl sites for hydroxylation is 1. The van der Waals surface area contributed by atoms with Crippen molar-refractivity contribution in [3.05, 3.63) is 77.6 Å². The standard InChI is InChI=1S/C23H25ClN4O3S2/c1-4-13-28-21(15-33(30,31)19-11-9-16(3)10-12-19)26-27-23(28)32-20(5-2)22(29)25-18-8-6-7-17(24)14-18/h4,6-12,14,20H,1,5,13,15H2,2-3H3,(H,25,29). The zero-order chi connectivity index (χ0) is 24.0. The summed E-state index contributed by atoms with van der Waals surface area (Å²) in [5, 5.41) is 11.7. The van der Waals surface area contributed by atoms with Crippen LogP contribution in [0.2, 0.25) is 5.02 Å². The van der Waals surface area contributed by atoms with Gasteiger partial charge in [-0.05, 0) is 43.7 Å². The summed E-state index contributed by atoms with van der Waals surface area (Å²) in [5.74, 6) is -0.210. The average molecular weight is 505 g/mol. The lowest BCUT2D eigenvalue weighted by molar-refractivity contribution is -0.115. The molecule has 3 aromatic rings. The molecule has 0 spiro atoms. The van der Waals surface area contributed by atoms with Gasteiger partial charge in [0, 0.05) is 17.3 Å². The number of nitrogens with zero attached hydrogens (tertiary/aromatic N) is 3. The predicted molar refractivity (Wildman–Crippen MR) is 132 cm³/mol. The molecular weight excluding hydrogens is 480 g/mol. The number of rotatable bonds is 10. The lowest BCUT2D eigenvalue weighted by Crippen LogP contribution is -2.25. The molecule has 1 heterocycles. The molecule has 0 saturated heterocycles. The summed E-state index contributed by atoms with van der Waals surface area (Å²) in [6, 6.07) is 13.6. The first kappa shape index (κ1) is 25.0. The summed E-state index contributed by atoms with van der Waals surface area (Å²) < 4.78 is 27.5. The number of thioether (sulfide) groups is 1. The Bertz CT molecular complexity index is 1240. The molecule has 0 saturated carbocycles. The first-order chi connectivity index (χ1) is 15.7. The highest BCUT2D eigenvalue weighted by atomic mass is 35.5. The third-order valence-electron chi connectivity index (χ3n) is 4.81. The van der Waals surface area contributed by atoms with Crippen molar-refractivity contribution in [2.24, 2.45) is 0 Å². The minimum Gasteiger partial charge on any atom is -0.325 e. The summed E-state index contributed by atoms with van der Waals surface area (Å²) in [5.41, 5.74) is 1.58. The largest absolute Gasteiger partial charge is 0.325 e. The van der Waals surface area contributed by atoms with E-state index in [-0.39, 0.29) is 16.6 Å². The first-order valence-corrected chi connectivity index (χ1v) is 13.2. The van der Waals surface area contributed by atoms with Crippen molar-refractivity contribution in [2.45, 2.75) is 47.9 Å². The third kappa shape index (κ3) is 6.46. The van der Waals surface area contributed by atoms with E-state index in [4.69, 9.17) is 11.6 Å². The van der Waals surface area contributed by atoms with Crippen molar-refractivity contribution in [1.29, 1.82) is 0 Å². The smallest absolute Gasteiger partial charge is 0.237 e. The van der Waals surface area contributed by atoms with E-state index in [1.54, 1.807) is 59.2 Å². The fraction of sp³-hybridized carbons (Fsp3) is 0.261. The zero-order valence-corrected chi connectivity index (χ0v) is 20.8. The Labute approximate surface area is 203 Å². The highest BCUT2D eigenvalue weighted by Crippen LogP contribution is 2.27. The Balaban J connectivity index is 1.81. The van der Waals surface area contributed by atoms with Crippen LogP contribution in [-0.4, -0.2) is 34.3 Å². The average Bonchev–Trinajstić information content (AvgIpc) is 3.13. The van der Waals surface area contributed by atoms with Crippen LogP contribution in [-0.2, 0) is 26.9 Å².